The molecule has 12 heavy (non-hydrogen) atoms. The first-order valence-corrected chi connectivity index (χ1v) is 3.38. The smallest absolute Gasteiger partial charge is 0.135 e. The fourth-order valence-electron chi connectivity index (χ4n) is 1.05. The Bertz CT molecular complexity index is 426. The molecule has 0 aliphatic rings. The van der Waals surface area contributed by atoms with Gasteiger partial charge < -0.3 is 0 Å². The summed E-state index contributed by atoms with van der Waals surface area (Å²) in [7, 11) is 0. The van der Waals surface area contributed by atoms with Crippen LogP contribution in [0.15, 0.2) is 24.4 Å². The maximum atomic E-state index is 12.9. The average Bonchev–Trinajstić information content (AvgIpc) is 2.04. The predicted octanol–water partition coefficient (Wildman–Crippen LogP) is 2.31. The minimum atomic E-state index is -0.612. The lowest BCUT2D eigenvalue weighted by molar-refractivity contribution is 0.591. The quantitative estimate of drug-likeness (QED) is 0.582. The van der Waals surface area contributed by atoms with E-state index in [1.54, 1.807) is 0 Å². The molecule has 0 fully saturated rings. The minimum absolute atomic E-state index is 0.291. The Morgan fingerprint density at radius 2 is 2.08 bits per heavy atom. The summed E-state index contributed by atoms with van der Waals surface area (Å²) < 4.78 is 25.6. The normalized spacial score (nSPS) is 10.5. The van der Waals surface area contributed by atoms with Crippen molar-refractivity contribution in [3.63, 3.8) is 0 Å². The van der Waals surface area contributed by atoms with Crippen molar-refractivity contribution < 1.29 is 8.78 Å². The van der Waals surface area contributed by atoms with Crippen LogP contribution in [0, 0.1) is 17.7 Å². The molecule has 0 unspecified atom stereocenters. The second-order valence-electron chi connectivity index (χ2n) is 2.39. The highest BCUT2D eigenvalue weighted by molar-refractivity contribution is 5.78. The first kappa shape index (κ1) is 7.16. The monoisotopic (exact) mass is 164 g/mol. The number of hydrogen-bond donors (Lipinski definition) is 0. The number of nitrogens with zero attached hydrogens (tertiary/aromatic N) is 1. The van der Waals surface area contributed by atoms with Crippen molar-refractivity contribution in [2.75, 3.05) is 0 Å². The molecule has 0 N–H and O–H groups in total. The van der Waals surface area contributed by atoms with Crippen LogP contribution in [0.1, 0.15) is 0 Å². The van der Waals surface area contributed by atoms with Crippen LogP contribution in [0.5, 0.6) is 0 Å². The standard InChI is InChI=1S/C9H4F2N/c10-6-4-8(11)7-2-1-3-12-9(7)5-6/h2-5H. The van der Waals surface area contributed by atoms with Gasteiger partial charge in [0, 0.05) is 29.8 Å². The Balaban J connectivity index is 2.89. The Morgan fingerprint density at radius 3 is 2.92 bits per heavy atom. The summed E-state index contributed by atoms with van der Waals surface area (Å²) in [6.07, 6.45) is 1.38. The Morgan fingerprint density at radius 1 is 1.25 bits per heavy atom. The van der Waals surface area contributed by atoms with Crippen LogP contribution in [-0.4, -0.2) is 4.98 Å². The molecule has 2 rings (SSSR count). The largest absolute Gasteiger partial charge is 0.255 e. The molecule has 0 spiro atoms. The van der Waals surface area contributed by atoms with Gasteiger partial charge in [-0.15, -0.1) is 0 Å². The molecule has 1 aromatic carbocycles. The summed E-state index contributed by atoms with van der Waals surface area (Å²) in [6.45, 7) is 0. The molecule has 0 saturated heterocycles. The van der Waals surface area contributed by atoms with Crippen molar-refractivity contribution >= 4 is 10.9 Å². The Labute approximate surface area is 67.7 Å². The third-order valence-corrected chi connectivity index (χ3v) is 1.58. The lowest BCUT2D eigenvalue weighted by atomic mass is 10.2. The van der Waals surface area contributed by atoms with Gasteiger partial charge in [0.2, 0.25) is 0 Å². The second-order valence-corrected chi connectivity index (χ2v) is 2.39. The molecule has 0 aliphatic carbocycles. The first-order chi connectivity index (χ1) is 5.77. The van der Waals surface area contributed by atoms with Crippen LogP contribution >= 0.6 is 0 Å². The van der Waals surface area contributed by atoms with Gasteiger partial charge in [0.25, 0.3) is 0 Å². The number of rotatable bonds is 0. The fourth-order valence-corrected chi connectivity index (χ4v) is 1.05. The summed E-state index contributed by atoms with van der Waals surface area (Å²) in [6, 6.07) is 6.08. The fraction of sp³-hybridized carbons (Fsp3) is 0. The average molecular weight is 164 g/mol. The number of aromatic nitrogens is 1. The van der Waals surface area contributed by atoms with Gasteiger partial charge in [-0.3, -0.25) is 4.98 Å². The number of fused-ring (bicyclic) bond motifs is 1. The number of hydrogen-bond acceptors (Lipinski definition) is 1. The molecule has 0 saturated carbocycles. The third kappa shape index (κ3) is 1.03. The zero-order chi connectivity index (χ0) is 8.55. The molecule has 1 nitrogen and oxygen atoms in total. The lowest BCUT2D eigenvalue weighted by Gasteiger charge is -1.96. The predicted molar refractivity (Wildman–Crippen MR) is 40.5 cm³/mol. The van der Waals surface area contributed by atoms with E-state index in [1.807, 2.05) is 0 Å². The van der Waals surface area contributed by atoms with Gasteiger partial charge in [-0.1, -0.05) is 0 Å². The number of pyridine rings is 1. The van der Waals surface area contributed by atoms with E-state index in [0.29, 0.717) is 10.9 Å². The maximum Gasteiger partial charge on any atom is 0.135 e. The summed E-state index contributed by atoms with van der Waals surface area (Å²) in [5, 5.41) is 0.291. The van der Waals surface area contributed by atoms with Crippen molar-refractivity contribution in [2.24, 2.45) is 0 Å². The van der Waals surface area contributed by atoms with Crippen molar-refractivity contribution in [3.8, 4) is 0 Å². The third-order valence-electron chi connectivity index (χ3n) is 1.58. The van der Waals surface area contributed by atoms with Gasteiger partial charge in [-0.25, -0.2) is 8.78 Å². The summed E-state index contributed by atoms with van der Waals surface area (Å²) >= 11 is 0. The molecule has 3 heteroatoms. The Kier molecular flexibility index (Phi) is 1.50. The van der Waals surface area contributed by atoms with Crippen molar-refractivity contribution in [1.82, 2.24) is 4.98 Å². The van der Waals surface area contributed by atoms with E-state index in [2.05, 4.69) is 11.1 Å². The van der Waals surface area contributed by atoms with Gasteiger partial charge in [0.15, 0.2) is 0 Å². The van der Waals surface area contributed by atoms with E-state index < -0.39 is 11.6 Å². The summed E-state index contributed by atoms with van der Waals surface area (Å²) in [5.74, 6) is -1.21. The van der Waals surface area contributed by atoms with Gasteiger partial charge >= 0.3 is 0 Å². The lowest BCUT2D eigenvalue weighted by Crippen LogP contribution is -1.85. The van der Waals surface area contributed by atoms with Crippen LogP contribution in [0.4, 0.5) is 8.78 Å². The van der Waals surface area contributed by atoms with Gasteiger partial charge in [-0.05, 0) is 6.07 Å². The molecule has 1 heterocycles. The van der Waals surface area contributed by atoms with E-state index in [1.165, 1.54) is 18.3 Å². The molecule has 2 aromatic rings. The van der Waals surface area contributed by atoms with Gasteiger partial charge in [0.05, 0.1) is 5.52 Å². The summed E-state index contributed by atoms with van der Waals surface area (Å²) in [5.41, 5.74) is 0.311. The first-order valence-electron chi connectivity index (χ1n) is 3.38. The van der Waals surface area contributed by atoms with E-state index >= 15 is 0 Å². The van der Waals surface area contributed by atoms with E-state index in [4.69, 9.17) is 0 Å². The molecule has 1 aromatic heterocycles. The van der Waals surface area contributed by atoms with Crippen LogP contribution in [-0.2, 0) is 0 Å². The topological polar surface area (TPSA) is 12.9 Å². The van der Waals surface area contributed by atoms with Crippen LogP contribution in [0.3, 0.4) is 0 Å². The highest BCUT2D eigenvalue weighted by Gasteiger charge is 2.02. The number of halogens is 2. The Hall–Kier alpha value is -1.51. The van der Waals surface area contributed by atoms with Gasteiger partial charge in [0.1, 0.15) is 11.6 Å². The molecule has 0 amide bonds. The zero-order valence-electron chi connectivity index (χ0n) is 6.01. The van der Waals surface area contributed by atoms with Crippen molar-refractivity contribution in [2.45, 2.75) is 0 Å². The molecule has 59 valence electrons. The zero-order valence-corrected chi connectivity index (χ0v) is 6.01. The van der Waals surface area contributed by atoms with E-state index in [9.17, 15) is 8.78 Å². The molecular weight excluding hydrogens is 160 g/mol. The van der Waals surface area contributed by atoms with Crippen LogP contribution in [0.2, 0.25) is 0 Å². The number of benzene rings is 1. The second kappa shape index (κ2) is 2.52. The van der Waals surface area contributed by atoms with E-state index in [0.717, 1.165) is 6.07 Å². The van der Waals surface area contributed by atoms with Crippen molar-refractivity contribution in [3.05, 3.63) is 42.1 Å². The van der Waals surface area contributed by atoms with Crippen LogP contribution in [0.25, 0.3) is 10.9 Å². The highest BCUT2D eigenvalue weighted by Crippen LogP contribution is 2.16. The summed E-state index contributed by atoms with van der Waals surface area (Å²) in [4.78, 5) is 3.77. The molecule has 1 radical (unpaired) electrons. The molecule has 0 aliphatic heterocycles. The van der Waals surface area contributed by atoms with Crippen molar-refractivity contribution in [1.29, 1.82) is 0 Å². The van der Waals surface area contributed by atoms with Crippen LogP contribution < -0.4 is 0 Å². The molecule has 0 atom stereocenters. The maximum absolute atomic E-state index is 12.9. The molecule has 0 bridgehead atoms. The van der Waals surface area contributed by atoms with E-state index in [-0.39, 0.29) is 0 Å². The van der Waals surface area contributed by atoms with Gasteiger partial charge in [-0.2, -0.15) is 0 Å². The SMILES string of the molecule is Fc1cc(F)c2c[c]cnc2c1. The minimum Gasteiger partial charge on any atom is -0.255 e. The molecular formula is C9H4F2N. The highest BCUT2D eigenvalue weighted by atomic mass is 19.1.